The van der Waals surface area contributed by atoms with Crippen molar-refractivity contribution in [3.05, 3.63) is 76.0 Å². The topological polar surface area (TPSA) is 94.9 Å². The van der Waals surface area contributed by atoms with Gasteiger partial charge in [-0.1, -0.05) is 25.5 Å². The zero-order valence-electron chi connectivity index (χ0n) is 22.1. The lowest BCUT2D eigenvalue weighted by Crippen LogP contribution is -2.45. The predicted molar refractivity (Wildman–Crippen MR) is 150 cm³/mol. The number of carbonyl (C=O) groups excluding carboxylic acids is 2. The lowest BCUT2D eigenvalue weighted by molar-refractivity contribution is -0.132. The number of hydrogen-bond donors (Lipinski definition) is 1. The lowest BCUT2D eigenvalue weighted by Gasteiger charge is -2.28. The van der Waals surface area contributed by atoms with E-state index in [2.05, 4.69) is 11.4 Å². The summed E-state index contributed by atoms with van der Waals surface area (Å²) in [5, 5.41) is 13.9. The van der Waals surface area contributed by atoms with Gasteiger partial charge in [-0.15, -0.1) is 11.3 Å². The molecule has 0 saturated heterocycles. The summed E-state index contributed by atoms with van der Waals surface area (Å²) in [4.78, 5) is 31.1. The highest BCUT2D eigenvalue weighted by Crippen LogP contribution is 2.28. The number of anilines is 1. The zero-order valence-corrected chi connectivity index (χ0v) is 22.9. The van der Waals surface area contributed by atoms with Crippen molar-refractivity contribution in [1.29, 1.82) is 5.26 Å². The molecule has 3 rings (SSSR count). The van der Waals surface area contributed by atoms with Gasteiger partial charge in [-0.25, -0.2) is 4.79 Å². The van der Waals surface area contributed by atoms with Crippen LogP contribution in [-0.4, -0.2) is 55.6 Å². The Morgan fingerprint density at radius 1 is 1.00 bits per heavy atom. The summed E-state index contributed by atoms with van der Waals surface area (Å²) in [5.74, 6) is 1.18. The summed E-state index contributed by atoms with van der Waals surface area (Å²) in [6.07, 6.45) is 2.31. The molecule has 38 heavy (non-hydrogen) atoms. The van der Waals surface area contributed by atoms with Gasteiger partial charge in [0.2, 0.25) is 5.91 Å². The Morgan fingerprint density at radius 3 is 2.39 bits per heavy atom. The van der Waals surface area contributed by atoms with Crippen molar-refractivity contribution in [1.82, 2.24) is 9.80 Å². The van der Waals surface area contributed by atoms with Crippen molar-refractivity contribution in [2.75, 3.05) is 39.2 Å². The second kappa shape index (κ2) is 14.6. The number of methoxy groups -OCH3 is 2. The molecular formula is C29H34N4O4S. The number of benzene rings is 2. The van der Waals surface area contributed by atoms with E-state index >= 15 is 0 Å². The first-order chi connectivity index (χ1) is 18.5. The third kappa shape index (κ3) is 8.25. The average Bonchev–Trinajstić information content (AvgIpc) is 3.46. The number of unbranched alkanes of at least 4 members (excludes halogenated alkanes) is 1. The third-order valence-electron chi connectivity index (χ3n) is 6.06. The molecule has 0 bridgehead atoms. The van der Waals surface area contributed by atoms with E-state index in [0.717, 1.165) is 23.3 Å². The number of nitriles is 1. The SMILES string of the molecule is CCCCN(CC(=O)N(CCc1ccc(OC)c(OC)c1)Cc1cccs1)C(=O)Nc1ccc(C#N)cc1. The molecular weight excluding hydrogens is 500 g/mol. The van der Waals surface area contributed by atoms with Gasteiger partial charge in [0.15, 0.2) is 11.5 Å². The van der Waals surface area contributed by atoms with Gasteiger partial charge in [0.25, 0.3) is 0 Å². The third-order valence-corrected chi connectivity index (χ3v) is 6.92. The van der Waals surface area contributed by atoms with Crippen molar-refractivity contribution >= 4 is 29.0 Å². The van der Waals surface area contributed by atoms with Crippen LogP contribution < -0.4 is 14.8 Å². The summed E-state index contributed by atoms with van der Waals surface area (Å²) < 4.78 is 10.8. The largest absolute Gasteiger partial charge is 0.493 e. The molecule has 8 nitrogen and oxygen atoms in total. The molecule has 0 fully saturated rings. The first-order valence-electron chi connectivity index (χ1n) is 12.5. The van der Waals surface area contributed by atoms with Gasteiger partial charge in [0, 0.05) is 23.7 Å². The van der Waals surface area contributed by atoms with E-state index in [1.54, 1.807) is 59.6 Å². The van der Waals surface area contributed by atoms with E-state index in [4.69, 9.17) is 14.7 Å². The predicted octanol–water partition coefficient (Wildman–Crippen LogP) is 5.54. The number of nitrogens with zero attached hydrogens (tertiary/aromatic N) is 3. The van der Waals surface area contributed by atoms with E-state index in [-0.39, 0.29) is 18.5 Å². The highest BCUT2D eigenvalue weighted by atomic mass is 32.1. The maximum atomic E-state index is 13.6. The average molecular weight is 535 g/mol. The van der Waals surface area contributed by atoms with Crippen LogP contribution in [-0.2, 0) is 17.8 Å². The normalized spacial score (nSPS) is 10.4. The van der Waals surface area contributed by atoms with Crippen LogP contribution in [0.4, 0.5) is 10.5 Å². The van der Waals surface area contributed by atoms with Gasteiger partial charge in [0.1, 0.15) is 6.54 Å². The Hall–Kier alpha value is -4.03. The van der Waals surface area contributed by atoms with E-state index < -0.39 is 0 Å². The Balaban J connectivity index is 1.73. The van der Waals surface area contributed by atoms with Gasteiger partial charge >= 0.3 is 6.03 Å². The van der Waals surface area contributed by atoms with Crippen molar-refractivity contribution in [3.8, 4) is 17.6 Å². The minimum atomic E-state index is -0.340. The number of hydrogen-bond acceptors (Lipinski definition) is 6. The minimum absolute atomic E-state index is 0.0284. The van der Waals surface area contributed by atoms with Crippen LogP contribution >= 0.6 is 11.3 Å². The molecule has 2 aromatic carbocycles. The van der Waals surface area contributed by atoms with Gasteiger partial charge < -0.3 is 24.6 Å². The zero-order chi connectivity index (χ0) is 27.3. The first-order valence-corrected chi connectivity index (χ1v) is 13.4. The number of carbonyl (C=O) groups is 2. The summed E-state index contributed by atoms with van der Waals surface area (Å²) in [6.45, 7) is 3.45. The Bertz CT molecular complexity index is 1220. The van der Waals surface area contributed by atoms with Crippen molar-refractivity contribution in [3.63, 3.8) is 0 Å². The number of nitrogens with one attached hydrogen (secondary N) is 1. The van der Waals surface area contributed by atoms with Crippen LogP contribution in [0.1, 0.15) is 35.8 Å². The fraction of sp³-hybridized carbons (Fsp3) is 0.345. The van der Waals surface area contributed by atoms with Crippen LogP contribution in [0.5, 0.6) is 11.5 Å². The van der Waals surface area contributed by atoms with Crippen LogP contribution in [0.2, 0.25) is 0 Å². The second-order valence-corrected chi connectivity index (χ2v) is 9.76. The molecule has 0 saturated carbocycles. The van der Waals surface area contributed by atoms with Crippen LogP contribution in [0.3, 0.4) is 0 Å². The Morgan fingerprint density at radius 2 is 1.76 bits per heavy atom. The Labute approximate surface area is 228 Å². The Kier molecular flexibility index (Phi) is 11.0. The van der Waals surface area contributed by atoms with Crippen molar-refractivity contribution < 1.29 is 19.1 Å². The molecule has 0 atom stereocenters. The molecule has 3 amide bonds. The molecule has 1 heterocycles. The molecule has 200 valence electrons. The summed E-state index contributed by atoms with van der Waals surface area (Å²) in [5.41, 5.74) is 2.11. The number of amides is 3. The summed E-state index contributed by atoms with van der Waals surface area (Å²) in [6, 6.07) is 18.1. The molecule has 0 aliphatic carbocycles. The number of ether oxygens (including phenoxy) is 2. The molecule has 3 aromatic rings. The molecule has 1 N–H and O–H groups in total. The maximum Gasteiger partial charge on any atom is 0.322 e. The van der Waals surface area contributed by atoms with Gasteiger partial charge in [-0.05, 0) is 66.2 Å². The van der Waals surface area contributed by atoms with Crippen molar-refractivity contribution in [2.45, 2.75) is 32.7 Å². The number of urea groups is 1. The number of thiophene rings is 1. The monoisotopic (exact) mass is 534 g/mol. The molecule has 1 aromatic heterocycles. The summed E-state index contributed by atoms with van der Waals surface area (Å²) in [7, 11) is 3.20. The van der Waals surface area contributed by atoms with Crippen LogP contribution in [0.25, 0.3) is 0 Å². The van der Waals surface area contributed by atoms with Crippen molar-refractivity contribution in [2.24, 2.45) is 0 Å². The van der Waals surface area contributed by atoms with Crippen LogP contribution in [0.15, 0.2) is 60.0 Å². The molecule has 0 radical (unpaired) electrons. The number of rotatable bonds is 13. The van der Waals surface area contributed by atoms with Gasteiger partial charge in [-0.2, -0.15) is 5.26 Å². The first kappa shape index (κ1) is 28.5. The van der Waals surface area contributed by atoms with E-state index in [9.17, 15) is 9.59 Å². The standard InChI is InChI=1S/C29H34N4O4S/c1-4-5-15-33(29(35)31-24-11-8-23(19-30)9-12-24)21-28(34)32(20-25-7-6-17-38-25)16-14-22-10-13-26(36-2)27(18-22)37-3/h6-13,17-18H,4-5,14-16,20-21H2,1-3H3,(H,31,35). The van der Waals surface area contributed by atoms with E-state index in [1.807, 2.05) is 42.6 Å². The van der Waals surface area contributed by atoms with Gasteiger partial charge in [-0.3, -0.25) is 4.79 Å². The molecule has 9 heteroatoms. The fourth-order valence-electron chi connectivity index (χ4n) is 3.88. The lowest BCUT2D eigenvalue weighted by atomic mass is 10.1. The minimum Gasteiger partial charge on any atom is -0.493 e. The van der Waals surface area contributed by atoms with E-state index in [0.29, 0.717) is 48.8 Å². The highest BCUT2D eigenvalue weighted by molar-refractivity contribution is 7.09. The maximum absolute atomic E-state index is 13.6. The van der Waals surface area contributed by atoms with E-state index in [1.165, 1.54) is 0 Å². The fourth-order valence-corrected chi connectivity index (χ4v) is 4.60. The molecule has 0 spiro atoms. The van der Waals surface area contributed by atoms with Crippen LogP contribution in [0, 0.1) is 11.3 Å². The quantitative estimate of drug-likeness (QED) is 0.311. The molecule has 0 unspecified atom stereocenters. The molecule has 0 aliphatic heterocycles. The second-order valence-electron chi connectivity index (χ2n) is 8.73. The molecule has 0 aliphatic rings. The highest BCUT2D eigenvalue weighted by Gasteiger charge is 2.22. The summed E-state index contributed by atoms with van der Waals surface area (Å²) >= 11 is 1.60. The smallest absolute Gasteiger partial charge is 0.322 e. The van der Waals surface area contributed by atoms with Gasteiger partial charge in [0.05, 0.1) is 32.4 Å².